The smallest absolute Gasteiger partial charge is 0.0541 e. The number of halogens is 1. The number of benzene rings is 1. The van der Waals surface area contributed by atoms with Crippen LogP contribution in [0.15, 0.2) is 53.1 Å². The fourth-order valence-corrected chi connectivity index (χ4v) is 2.05. The number of rotatable bonds is 4. The molecule has 0 aliphatic rings. The molecular weight excluding hydrogens is 288 g/mol. The van der Waals surface area contributed by atoms with Crippen LogP contribution >= 0.6 is 15.9 Å². The van der Waals surface area contributed by atoms with Crippen LogP contribution < -0.4 is 5.32 Å². The van der Waals surface area contributed by atoms with E-state index in [4.69, 9.17) is 0 Å². The lowest BCUT2D eigenvalue weighted by Gasteiger charge is -2.27. The standard InChI is InChI=1S/C15H17BrN2/c1-15(2,12-6-8-13(16)9-7-12)18-11-14-5-3-4-10-17-14/h3-10,18H,11H2,1-2H3. The molecule has 1 N–H and O–H groups in total. The molecule has 0 amide bonds. The summed E-state index contributed by atoms with van der Waals surface area (Å²) >= 11 is 3.46. The molecule has 0 radical (unpaired) electrons. The van der Waals surface area contributed by atoms with Crippen LogP contribution in [0.2, 0.25) is 0 Å². The maximum atomic E-state index is 4.32. The summed E-state index contributed by atoms with van der Waals surface area (Å²) < 4.78 is 1.10. The molecule has 0 aliphatic carbocycles. The van der Waals surface area contributed by atoms with Crippen molar-refractivity contribution in [3.05, 3.63) is 64.4 Å². The van der Waals surface area contributed by atoms with Gasteiger partial charge in [-0.25, -0.2) is 0 Å². The molecule has 1 heterocycles. The van der Waals surface area contributed by atoms with Gasteiger partial charge in [0.05, 0.1) is 5.69 Å². The Balaban J connectivity index is 2.05. The van der Waals surface area contributed by atoms with Gasteiger partial charge in [0.2, 0.25) is 0 Å². The van der Waals surface area contributed by atoms with E-state index in [1.165, 1.54) is 5.56 Å². The van der Waals surface area contributed by atoms with Gasteiger partial charge in [0.1, 0.15) is 0 Å². The van der Waals surface area contributed by atoms with E-state index in [0.29, 0.717) is 0 Å². The molecule has 1 aromatic heterocycles. The monoisotopic (exact) mass is 304 g/mol. The minimum atomic E-state index is -0.0712. The molecule has 0 saturated carbocycles. The first-order chi connectivity index (χ1) is 8.58. The number of hydrogen-bond acceptors (Lipinski definition) is 2. The van der Waals surface area contributed by atoms with E-state index in [9.17, 15) is 0 Å². The Morgan fingerprint density at radius 1 is 1.11 bits per heavy atom. The summed E-state index contributed by atoms with van der Waals surface area (Å²) in [6.45, 7) is 5.13. The molecular formula is C15H17BrN2. The van der Waals surface area contributed by atoms with Gasteiger partial charge in [-0.1, -0.05) is 34.1 Å². The third kappa shape index (κ3) is 3.40. The van der Waals surface area contributed by atoms with Crippen LogP contribution in [0.25, 0.3) is 0 Å². The average molecular weight is 305 g/mol. The zero-order valence-electron chi connectivity index (χ0n) is 10.7. The molecule has 18 heavy (non-hydrogen) atoms. The van der Waals surface area contributed by atoms with E-state index in [2.05, 4.69) is 64.3 Å². The van der Waals surface area contributed by atoms with Gasteiger partial charge < -0.3 is 5.32 Å². The average Bonchev–Trinajstić information content (AvgIpc) is 2.38. The van der Waals surface area contributed by atoms with Crippen molar-refractivity contribution in [1.82, 2.24) is 10.3 Å². The van der Waals surface area contributed by atoms with Crippen LogP contribution in [-0.2, 0) is 12.1 Å². The van der Waals surface area contributed by atoms with Crippen LogP contribution in [0, 0.1) is 0 Å². The number of hydrogen-bond donors (Lipinski definition) is 1. The fraction of sp³-hybridized carbons (Fsp3) is 0.267. The largest absolute Gasteiger partial charge is 0.302 e. The second kappa shape index (κ2) is 5.63. The Bertz CT molecular complexity index is 492. The first-order valence-corrected chi connectivity index (χ1v) is 6.78. The maximum absolute atomic E-state index is 4.32. The second-order valence-corrected chi connectivity index (χ2v) is 5.72. The molecule has 0 spiro atoms. The molecule has 0 atom stereocenters. The van der Waals surface area contributed by atoms with E-state index < -0.39 is 0 Å². The Kier molecular flexibility index (Phi) is 4.15. The van der Waals surface area contributed by atoms with Crippen LogP contribution in [0.5, 0.6) is 0 Å². The quantitative estimate of drug-likeness (QED) is 0.927. The highest BCUT2D eigenvalue weighted by molar-refractivity contribution is 9.10. The molecule has 0 unspecified atom stereocenters. The van der Waals surface area contributed by atoms with Crippen molar-refractivity contribution in [2.24, 2.45) is 0 Å². The van der Waals surface area contributed by atoms with Gasteiger partial charge in [0.15, 0.2) is 0 Å². The van der Waals surface area contributed by atoms with Gasteiger partial charge in [-0.15, -0.1) is 0 Å². The molecule has 3 heteroatoms. The third-order valence-electron chi connectivity index (χ3n) is 3.00. The summed E-state index contributed by atoms with van der Waals surface area (Å²) in [7, 11) is 0. The number of nitrogens with one attached hydrogen (secondary N) is 1. The zero-order chi connectivity index (χ0) is 13.0. The summed E-state index contributed by atoms with van der Waals surface area (Å²) in [5.74, 6) is 0. The van der Waals surface area contributed by atoms with Crippen LogP contribution in [0.4, 0.5) is 0 Å². The lowest BCUT2D eigenvalue weighted by molar-refractivity contribution is 0.398. The number of nitrogens with zero attached hydrogens (tertiary/aromatic N) is 1. The minimum Gasteiger partial charge on any atom is -0.302 e. The van der Waals surface area contributed by atoms with E-state index in [1.54, 1.807) is 0 Å². The molecule has 0 bridgehead atoms. The lowest BCUT2D eigenvalue weighted by Crippen LogP contribution is -2.36. The molecule has 2 aromatic rings. The fourth-order valence-electron chi connectivity index (χ4n) is 1.78. The SMILES string of the molecule is CC(C)(NCc1ccccn1)c1ccc(Br)cc1. The Hall–Kier alpha value is -1.19. The first kappa shape index (κ1) is 13.2. The molecule has 1 aromatic carbocycles. The predicted octanol–water partition coefficient (Wildman–Crippen LogP) is 3.87. The Morgan fingerprint density at radius 3 is 2.44 bits per heavy atom. The van der Waals surface area contributed by atoms with Gasteiger partial charge >= 0.3 is 0 Å². The van der Waals surface area contributed by atoms with Gasteiger partial charge in [-0.3, -0.25) is 4.98 Å². The summed E-state index contributed by atoms with van der Waals surface area (Å²) in [5, 5.41) is 3.53. The summed E-state index contributed by atoms with van der Waals surface area (Å²) in [6.07, 6.45) is 1.82. The van der Waals surface area contributed by atoms with E-state index in [-0.39, 0.29) is 5.54 Å². The van der Waals surface area contributed by atoms with Crippen molar-refractivity contribution in [3.8, 4) is 0 Å². The highest BCUT2D eigenvalue weighted by atomic mass is 79.9. The summed E-state index contributed by atoms with van der Waals surface area (Å²) in [5.41, 5.74) is 2.25. The lowest BCUT2D eigenvalue weighted by atomic mass is 9.94. The first-order valence-electron chi connectivity index (χ1n) is 5.99. The van der Waals surface area contributed by atoms with E-state index in [1.807, 2.05) is 24.4 Å². The van der Waals surface area contributed by atoms with Crippen molar-refractivity contribution >= 4 is 15.9 Å². The van der Waals surface area contributed by atoms with Gasteiger partial charge in [-0.05, 0) is 43.7 Å². The third-order valence-corrected chi connectivity index (χ3v) is 3.53. The zero-order valence-corrected chi connectivity index (χ0v) is 12.2. The molecule has 2 nitrogen and oxygen atoms in total. The van der Waals surface area contributed by atoms with Gasteiger partial charge in [-0.2, -0.15) is 0 Å². The maximum Gasteiger partial charge on any atom is 0.0541 e. The number of aromatic nitrogens is 1. The van der Waals surface area contributed by atoms with Crippen molar-refractivity contribution in [2.75, 3.05) is 0 Å². The topological polar surface area (TPSA) is 24.9 Å². The van der Waals surface area contributed by atoms with Crippen molar-refractivity contribution in [3.63, 3.8) is 0 Å². The highest BCUT2D eigenvalue weighted by Gasteiger charge is 2.19. The van der Waals surface area contributed by atoms with Gasteiger partial charge in [0.25, 0.3) is 0 Å². The molecule has 2 rings (SSSR count). The summed E-state index contributed by atoms with van der Waals surface area (Å²) in [4.78, 5) is 4.32. The molecule has 0 saturated heterocycles. The molecule has 94 valence electrons. The molecule has 0 fully saturated rings. The minimum absolute atomic E-state index is 0.0712. The normalized spacial score (nSPS) is 11.5. The summed E-state index contributed by atoms with van der Waals surface area (Å²) in [6, 6.07) is 14.4. The van der Waals surface area contributed by atoms with Crippen LogP contribution in [0.3, 0.4) is 0 Å². The second-order valence-electron chi connectivity index (χ2n) is 4.81. The van der Waals surface area contributed by atoms with Crippen molar-refractivity contribution < 1.29 is 0 Å². The van der Waals surface area contributed by atoms with Crippen LogP contribution in [-0.4, -0.2) is 4.98 Å². The van der Waals surface area contributed by atoms with E-state index >= 15 is 0 Å². The Labute approximate surface area is 117 Å². The van der Waals surface area contributed by atoms with Crippen molar-refractivity contribution in [1.29, 1.82) is 0 Å². The highest BCUT2D eigenvalue weighted by Crippen LogP contribution is 2.22. The van der Waals surface area contributed by atoms with Crippen molar-refractivity contribution in [2.45, 2.75) is 25.9 Å². The molecule has 0 aliphatic heterocycles. The predicted molar refractivity (Wildman–Crippen MR) is 78.2 cm³/mol. The Morgan fingerprint density at radius 2 is 1.83 bits per heavy atom. The van der Waals surface area contributed by atoms with E-state index in [0.717, 1.165) is 16.7 Å². The number of pyridine rings is 1. The van der Waals surface area contributed by atoms with Crippen LogP contribution in [0.1, 0.15) is 25.1 Å². The van der Waals surface area contributed by atoms with Gasteiger partial charge in [0, 0.05) is 22.8 Å².